The van der Waals surface area contributed by atoms with Crippen LogP contribution >= 0.6 is 0 Å². The lowest BCUT2D eigenvalue weighted by Gasteiger charge is -2.01. The summed E-state index contributed by atoms with van der Waals surface area (Å²) in [4.78, 5) is 22.0. The summed E-state index contributed by atoms with van der Waals surface area (Å²) < 4.78 is 0. The summed E-state index contributed by atoms with van der Waals surface area (Å²) in [5.41, 5.74) is -0.0145. The van der Waals surface area contributed by atoms with Gasteiger partial charge in [0.15, 0.2) is 5.78 Å². The van der Waals surface area contributed by atoms with Crippen molar-refractivity contribution in [3.8, 4) is 0 Å². The van der Waals surface area contributed by atoms with Crippen LogP contribution in [0.1, 0.15) is 26.2 Å². The second-order valence-electron chi connectivity index (χ2n) is 2.98. The Kier molecular flexibility index (Phi) is 2.17. The molecule has 1 aliphatic rings. The molecule has 1 unspecified atom stereocenters. The predicted molar refractivity (Wildman–Crippen MR) is 40.8 cm³/mol. The molecule has 0 aliphatic heterocycles. The van der Waals surface area contributed by atoms with Gasteiger partial charge in [0, 0.05) is 12.3 Å². The van der Waals surface area contributed by atoms with E-state index in [1.807, 2.05) is 6.92 Å². The molecule has 60 valence electrons. The van der Waals surface area contributed by atoms with Crippen molar-refractivity contribution >= 4 is 17.3 Å². The first-order valence-electron chi connectivity index (χ1n) is 3.74. The summed E-state index contributed by atoms with van der Waals surface area (Å²) in [5.74, 6) is -0.176. The molecule has 3 nitrogen and oxygen atoms in total. The zero-order valence-corrected chi connectivity index (χ0v) is 6.52. The molecule has 0 heterocycles. The SMILES string of the molecule is CC1CCC(=O)C(=N)CC1=O. The third-order valence-corrected chi connectivity index (χ3v) is 2.04. The number of hydrogen-bond donors (Lipinski definition) is 1. The highest BCUT2D eigenvalue weighted by Crippen LogP contribution is 2.14. The van der Waals surface area contributed by atoms with E-state index in [2.05, 4.69) is 0 Å². The average molecular weight is 153 g/mol. The molecule has 0 saturated heterocycles. The van der Waals surface area contributed by atoms with E-state index < -0.39 is 0 Å². The topological polar surface area (TPSA) is 58.0 Å². The van der Waals surface area contributed by atoms with Gasteiger partial charge in [-0.05, 0) is 6.42 Å². The lowest BCUT2D eigenvalue weighted by atomic mass is 10.0. The number of Topliss-reactive ketones (excluding diaryl/α,β-unsaturated/α-hetero) is 2. The van der Waals surface area contributed by atoms with Crippen molar-refractivity contribution in [3.63, 3.8) is 0 Å². The second kappa shape index (κ2) is 2.95. The van der Waals surface area contributed by atoms with Crippen LogP contribution in [0.25, 0.3) is 0 Å². The Hall–Kier alpha value is -0.990. The Balaban J connectivity index is 2.74. The fourth-order valence-corrected chi connectivity index (χ4v) is 1.11. The zero-order valence-electron chi connectivity index (χ0n) is 6.52. The van der Waals surface area contributed by atoms with Crippen molar-refractivity contribution in [1.29, 1.82) is 5.41 Å². The summed E-state index contributed by atoms with van der Waals surface area (Å²) in [6.07, 6.45) is 1.02. The molecule has 0 bridgehead atoms. The van der Waals surface area contributed by atoms with Crippen molar-refractivity contribution < 1.29 is 9.59 Å². The first-order valence-corrected chi connectivity index (χ1v) is 3.74. The molecule has 1 fully saturated rings. The second-order valence-corrected chi connectivity index (χ2v) is 2.98. The third-order valence-electron chi connectivity index (χ3n) is 2.04. The van der Waals surface area contributed by atoms with Crippen molar-refractivity contribution in [3.05, 3.63) is 0 Å². The Morgan fingerprint density at radius 2 is 2.09 bits per heavy atom. The van der Waals surface area contributed by atoms with Crippen molar-refractivity contribution in [2.75, 3.05) is 0 Å². The fourth-order valence-electron chi connectivity index (χ4n) is 1.11. The summed E-state index contributed by atoms with van der Waals surface area (Å²) >= 11 is 0. The highest BCUT2D eigenvalue weighted by atomic mass is 16.1. The molecule has 0 aromatic rings. The maximum absolute atomic E-state index is 11.1. The van der Waals surface area contributed by atoms with Gasteiger partial charge < -0.3 is 5.41 Å². The van der Waals surface area contributed by atoms with E-state index >= 15 is 0 Å². The van der Waals surface area contributed by atoms with Gasteiger partial charge in [-0.25, -0.2) is 0 Å². The molecule has 1 N–H and O–H groups in total. The molecule has 1 aliphatic carbocycles. The highest BCUT2D eigenvalue weighted by molar-refractivity contribution is 6.42. The molecule has 1 saturated carbocycles. The molecule has 0 aromatic heterocycles. The number of ketones is 2. The van der Waals surface area contributed by atoms with Crippen LogP contribution in [-0.4, -0.2) is 17.3 Å². The average Bonchev–Trinajstić information content (AvgIpc) is 2.05. The standard InChI is InChI=1S/C8H11NO2/c1-5-2-3-7(10)6(9)4-8(5)11/h5,9H,2-4H2,1H3. The largest absolute Gasteiger partial charge is 0.301 e. The summed E-state index contributed by atoms with van der Waals surface area (Å²) in [6.45, 7) is 1.81. The van der Waals surface area contributed by atoms with E-state index in [0.29, 0.717) is 12.8 Å². The number of nitrogens with one attached hydrogen (secondary N) is 1. The Morgan fingerprint density at radius 1 is 1.45 bits per heavy atom. The number of carbonyl (C=O) groups excluding carboxylic acids is 2. The monoisotopic (exact) mass is 153 g/mol. The maximum atomic E-state index is 11.1. The van der Waals surface area contributed by atoms with Crippen LogP contribution < -0.4 is 0 Å². The van der Waals surface area contributed by atoms with Crippen LogP contribution in [0.3, 0.4) is 0 Å². The molecular formula is C8H11NO2. The Morgan fingerprint density at radius 3 is 2.73 bits per heavy atom. The molecule has 0 radical (unpaired) electrons. The van der Waals surface area contributed by atoms with Crippen molar-refractivity contribution in [2.24, 2.45) is 5.92 Å². The van der Waals surface area contributed by atoms with Gasteiger partial charge in [-0.2, -0.15) is 0 Å². The van der Waals surface area contributed by atoms with Gasteiger partial charge in [-0.3, -0.25) is 9.59 Å². The normalized spacial score (nSPS) is 27.0. The molecule has 1 atom stereocenters. The van der Waals surface area contributed by atoms with Gasteiger partial charge >= 0.3 is 0 Å². The van der Waals surface area contributed by atoms with E-state index in [-0.39, 0.29) is 29.6 Å². The highest BCUT2D eigenvalue weighted by Gasteiger charge is 2.23. The van der Waals surface area contributed by atoms with Crippen LogP contribution in [0.5, 0.6) is 0 Å². The molecule has 0 spiro atoms. The Bertz CT molecular complexity index is 220. The van der Waals surface area contributed by atoms with Gasteiger partial charge in [0.1, 0.15) is 5.78 Å². The van der Waals surface area contributed by atoms with Crippen molar-refractivity contribution in [2.45, 2.75) is 26.2 Å². The molecule has 3 heteroatoms. The first kappa shape index (κ1) is 8.11. The van der Waals surface area contributed by atoms with E-state index in [0.717, 1.165) is 0 Å². The molecule has 11 heavy (non-hydrogen) atoms. The van der Waals surface area contributed by atoms with E-state index in [1.165, 1.54) is 0 Å². The minimum absolute atomic E-state index is 0.0145. The van der Waals surface area contributed by atoms with E-state index in [4.69, 9.17) is 5.41 Å². The lowest BCUT2D eigenvalue weighted by molar-refractivity contribution is -0.121. The fraction of sp³-hybridized carbons (Fsp3) is 0.625. The maximum Gasteiger partial charge on any atom is 0.176 e. The smallest absolute Gasteiger partial charge is 0.176 e. The first-order chi connectivity index (χ1) is 5.11. The van der Waals surface area contributed by atoms with Crippen molar-refractivity contribution in [1.82, 2.24) is 0 Å². The summed E-state index contributed by atoms with van der Waals surface area (Å²) in [7, 11) is 0. The van der Waals surface area contributed by atoms with Crippen LogP contribution in [-0.2, 0) is 9.59 Å². The Labute approximate surface area is 65.3 Å². The minimum Gasteiger partial charge on any atom is -0.301 e. The van der Waals surface area contributed by atoms with Gasteiger partial charge in [0.2, 0.25) is 0 Å². The lowest BCUT2D eigenvalue weighted by Crippen LogP contribution is -2.14. The minimum atomic E-state index is -0.164. The van der Waals surface area contributed by atoms with E-state index in [1.54, 1.807) is 0 Å². The van der Waals surface area contributed by atoms with Gasteiger partial charge in [0.05, 0.1) is 12.1 Å². The summed E-state index contributed by atoms with van der Waals surface area (Å²) in [6, 6.07) is 0. The zero-order chi connectivity index (χ0) is 8.43. The van der Waals surface area contributed by atoms with Gasteiger partial charge in [-0.1, -0.05) is 6.92 Å². The number of hydrogen-bond acceptors (Lipinski definition) is 3. The summed E-state index contributed by atoms with van der Waals surface area (Å²) in [5, 5.41) is 7.18. The van der Waals surface area contributed by atoms with Crippen LogP contribution in [0.15, 0.2) is 0 Å². The molecule has 1 rings (SSSR count). The van der Waals surface area contributed by atoms with Gasteiger partial charge in [-0.15, -0.1) is 0 Å². The van der Waals surface area contributed by atoms with Crippen LogP contribution in [0.2, 0.25) is 0 Å². The van der Waals surface area contributed by atoms with E-state index in [9.17, 15) is 9.59 Å². The number of rotatable bonds is 0. The molecular weight excluding hydrogens is 142 g/mol. The quantitative estimate of drug-likeness (QED) is 0.527. The predicted octanol–water partition coefficient (Wildman–Crippen LogP) is 0.964. The molecule has 0 amide bonds. The third kappa shape index (κ3) is 1.73. The molecule has 0 aromatic carbocycles. The number of carbonyl (C=O) groups is 2. The van der Waals surface area contributed by atoms with Crippen LogP contribution in [0, 0.1) is 11.3 Å². The van der Waals surface area contributed by atoms with Gasteiger partial charge in [0.25, 0.3) is 0 Å². The van der Waals surface area contributed by atoms with Crippen LogP contribution in [0.4, 0.5) is 0 Å².